The Bertz CT molecular complexity index is 469. The number of rotatable bonds is 6. The molecule has 0 aliphatic carbocycles. The summed E-state index contributed by atoms with van der Waals surface area (Å²) in [6, 6.07) is 6.91. The molecule has 1 atom stereocenters. The minimum atomic E-state index is -0.612. The van der Waals surface area contributed by atoms with Crippen molar-refractivity contribution in [3.05, 3.63) is 29.8 Å². The highest BCUT2D eigenvalue weighted by molar-refractivity contribution is 5.82. The molecule has 3 N–H and O–H groups in total. The number of hydrogen-bond donors (Lipinski definition) is 2. The van der Waals surface area contributed by atoms with Crippen LogP contribution in [0, 0.1) is 5.41 Å². The molecule has 5 nitrogen and oxygen atoms in total. The van der Waals surface area contributed by atoms with Crippen molar-refractivity contribution >= 4 is 5.91 Å². The maximum absolute atomic E-state index is 12.5. The Morgan fingerprint density at radius 3 is 2.52 bits per heavy atom. The van der Waals surface area contributed by atoms with Crippen LogP contribution in [0.2, 0.25) is 0 Å². The Morgan fingerprint density at radius 1 is 1.38 bits per heavy atom. The summed E-state index contributed by atoms with van der Waals surface area (Å²) in [5.41, 5.74) is 6.61. The molecule has 0 aliphatic heterocycles. The zero-order chi connectivity index (χ0) is 16.0. The van der Waals surface area contributed by atoms with Gasteiger partial charge in [-0.2, -0.15) is 0 Å². The monoisotopic (exact) mass is 294 g/mol. The highest BCUT2D eigenvalue weighted by atomic mass is 16.5. The predicted octanol–water partition coefficient (Wildman–Crippen LogP) is 1.39. The number of methoxy groups -OCH3 is 1. The van der Waals surface area contributed by atoms with Gasteiger partial charge in [-0.25, -0.2) is 0 Å². The van der Waals surface area contributed by atoms with E-state index in [9.17, 15) is 9.90 Å². The Morgan fingerprint density at radius 2 is 2.00 bits per heavy atom. The molecule has 1 aromatic carbocycles. The molecule has 0 saturated heterocycles. The van der Waals surface area contributed by atoms with Crippen molar-refractivity contribution in [3.63, 3.8) is 0 Å². The van der Waals surface area contributed by atoms with Crippen LogP contribution in [0.25, 0.3) is 0 Å². The smallest absolute Gasteiger partial charge is 0.240 e. The molecule has 1 unspecified atom stereocenters. The number of ether oxygens (including phenoxy) is 1. The van der Waals surface area contributed by atoms with Crippen LogP contribution in [0.5, 0.6) is 5.75 Å². The molecule has 5 heteroatoms. The van der Waals surface area contributed by atoms with Gasteiger partial charge in [-0.3, -0.25) is 4.79 Å². The molecule has 0 saturated carbocycles. The minimum Gasteiger partial charge on any atom is -0.496 e. The van der Waals surface area contributed by atoms with Crippen molar-refractivity contribution in [1.82, 2.24) is 4.90 Å². The Labute approximate surface area is 126 Å². The van der Waals surface area contributed by atoms with Crippen LogP contribution in [0.4, 0.5) is 0 Å². The number of amides is 1. The Kier molecular flexibility index (Phi) is 6.18. The lowest BCUT2D eigenvalue weighted by molar-refractivity contribution is -0.136. The van der Waals surface area contributed by atoms with Crippen LogP contribution in [0.1, 0.15) is 26.3 Å². The first-order chi connectivity index (χ1) is 9.81. The summed E-state index contributed by atoms with van der Waals surface area (Å²) in [5, 5.41) is 9.21. The molecule has 0 radical (unpaired) electrons. The second-order valence-corrected chi connectivity index (χ2v) is 6.14. The highest BCUT2D eigenvalue weighted by Gasteiger charge is 2.31. The molecular formula is C16H26N2O3. The number of aliphatic hydroxyl groups excluding tert-OH is 1. The van der Waals surface area contributed by atoms with Crippen molar-refractivity contribution in [2.45, 2.75) is 33.4 Å². The van der Waals surface area contributed by atoms with E-state index in [0.29, 0.717) is 6.54 Å². The van der Waals surface area contributed by atoms with Crippen LogP contribution >= 0.6 is 0 Å². The molecule has 1 amide bonds. The lowest BCUT2D eigenvalue weighted by Crippen LogP contribution is -2.50. The number of carbonyl (C=O) groups is 1. The molecule has 118 valence electrons. The third-order valence-electron chi connectivity index (χ3n) is 3.43. The number of para-hydroxylation sites is 1. The SMILES string of the molecule is COc1ccccc1CN(CCO)C(=O)C(N)C(C)(C)C. The van der Waals surface area contributed by atoms with Crippen LogP contribution < -0.4 is 10.5 Å². The van der Waals surface area contributed by atoms with Gasteiger partial charge in [0.2, 0.25) is 5.91 Å². The maximum Gasteiger partial charge on any atom is 0.240 e. The van der Waals surface area contributed by atoms with Gasteiger partial charge in [0, 0.05) is 18.7 Å². The number of nitrogens with two attached hydrogens (primary N) is 1. The molecule has 1 rings (SSSR count). The average molecular weight is 294 g/mol. The van der Waals surface area contributed by atoms with Gasteiger partial charge < -0.3 is 20.5 Å². The Hall–Kier alpha value is -1.59. The largest absolute Gasteiger partial charge is 0.496 e. The van der Waals surface area contributed by atoms with E-state index in [-0.39, 0.29) is 24.5 Å². The van der Waals surface area contributed by atoms with Gasteiger partial charge >= 0.3 is 0 Å². The highest BCUT2D eigenvalue weighted by Crippen LogP contribution is 2.22. The normalized spacial score (nSPS) is 12.9. The van der Waals surface area contributed by atoms with Gasteiger partial charge in [0.25, 0.3) is 0 Å². The van der Waals surface area contributed by atoms with E-state index in [0.717, 1.165) is 11.3 Å². The number of carbonyl (C=O) groups excluding carboxylic acids is 1. The van der Waals surface area contributed by atoms with Crippen LogP contribution in [0.3, 0.4) is 0 Å². The van der Waals surface area contributed by atoms with Crippen molar-refractivity contribution in [2.24, 2.45) is 11.1 Å². The molecule has 1 aromatic rings. The zero-order valence-corrected chi connectivity index (χ0v) is 13.3. The quantitative estimate of drug-likeness (QED) is 0.831. The van der Waals surface area contributed by atoms with Crippen molar-refractivity contribution in [3.8, 4) is 5.75 Å². The number of hydrogen-bond acceptors (Lipinski definition) is 4. The van der Waals surface area contributed by atoms with Gasteiger partial charge in [-0.15, -0.1) is 0 Å². The molecule has 0 spiro atoms. The molecule has 0 heterocycles. The van der Waals surface area contributed by atoms with Crippen molar-refractivity contribution in [2.75, 3.05) is 20.3 Å². The van der Waals surface area contributed by atoms with Gasteiger partial charge in [0.1, 0.15) is 5.75 Å². The van der Waals surface area contributed by atoms with E-state index in [2.05, 4.69) is 0 Å². The summed E-state index contributed by atoms with van der Waals surface area (Å²) < 4.78 is 5.30. The van der Waals surface area contributed by atoms with E-state index in [1.165, 1.54) is 0 Å². The van der Waals surface area contributed by atoms with Crippen molar-refractivity contribution in [1.29, 1.82) is 0 Å². The van der Waals surface area contributed by atoms with E-state index in [4.69, 9.17) is 10.5 Å². The fourth-order valence-corrected chi connectivity index (χ4v) is 1.99. The van der Waals surface area contributed by atoms with E-state index >= 15 is 0 Å². The second-order valence-electron chi connectivity index (χ2n) is 6.14. The van der Waals surface area contributed by atoms with Gasteiger partial charge in [-0.1, -0.05) is 39.0 Å². The van der Waals surface area contributed by atoms with E-state index < -0.39 is 6.04 Å². The molecular weight excluding hydrogens is 268 g/mol. The summed E-state index contributed by atoms with van der Waals surface area (Å²) in [7, 11) is 1.60. The first-order valence-electron chi connectivity index (χ1n) is 7.08. The van der Waals surface area contributed by atoms with E-state index in [1.54, 1.807) is 12.0 Å². The zero-order valence-electron chi connectivity index (χ0n) is 13.3. The minimum absolute atomic E-state index is 0.0995. The fourth-order valence-electron chi connectivity index (χ4n) is 1.99. The summed E-state index contributed by atoms with van der Waals surface area (Å²) in [4.78, 5) is 14.1. The van der Waals surface area contributed by atoms with Gasteiger partial charge in [-0.05, 0) is 11.5 Å². The van der Waals surface area contributed by atoms with Gasteiger partial charge in [0.15, 0.2) is 0 Å². The van der Waals surface area contributed by atoms with Crippen molar-refractivity contribution < 1.29 is 14.6 Å². The predicted molar refractivity (Wildman–Crippen MR) is 82.9 cm³/mol. The summed E-state index contributed by atoms with van der Waals surface area (Å²) in [6.45, 7) is 6.30. The third kappa shape index (κ3) is 4.72. The van der Waals surface area contributed by atoms with Crippen LogP contribution in [0.15, 0.2) is 24.3 Å². The number of nitrogens with zero attached hydrogens (tertiary/aromatic N) is 1. The topological polar surface area (TPSA) is 75.8 Å². The van der Waals surface area contributed by atoms with Crippen LogP contribution in [-0.4, -0.2) is 42.2 Å². The van der Waals surface area contributed by atoms with Gasteiger partial charge in [0.05, 0.1) is 19.8 Å². The fraction of sp³-hybridized carbons (Fsp3) is 0.562. The maximum atomic E-state index is 12.5. The first kappa shape index (κ1) is 17.5. The molecule has 0 fully saturated rings. The second kappa shape index (κ2) is 7.43. The average Bonchev–Trinajstić information content (AvgIpc) is 2.44. The summed E-state index contributed by atoms with van der Waals surface area (Å²) in [5.74, 6) is 0.556. The summed E-state index contributed by atoms with van der Waals surface area (Å²) in [6.07, 6.45) is 0. The van der Waals surface area contributed by atoms with E-state index in [1.807, 2.05) is 45.0 Å². The summed E-state index contributed by atoms with van der Waals surface area (Å²) >= 11 is 0. The first-order valence-corrected chi connectivity index (χ1v) is 7.08. The Balaban J connectivity index is 2.94. The molecule has 0 aliphatic rings. The molecule has 0 aromatic heterocycles. The molecule has 21 heavy (non-hydrogen) atoms. The number of aliphatic hydroxyl groups is 1. The number of benzene rings is 1. The third-order valence-corrected chi connectivity index (χ3v) is 3.43. The van der Waals surface area contributed by atoms with Crippen LogP contribution in [-0.2, 0) is 11.3 Å². The lowest BCUT2D eigenvalue weighted by atomic mass is 9.86. The standard InChI is InChI=1S/C16H26N2O3/c1-16(2,3)14(17)15(20)18(9-10-19)11-12-7-5-6-8-13(12)21-4/h5-8,14,19H,9-11,17H2,1-4H3. The lowest BCUT2D eigenvalue weighted by Gasteiger charge is -2.32. The molecule has 0 bridgehead atoms.